The van der Waals surface area contributed by atoms with Crippen molar-refractivity contribution in [2.24, 2.45) is 0 Å². The Kier molecular flexibility index (Phi) is 7.14. The maximum atomic E-state index is 12.1. The van der Waals surface area contributed by atoms with Crippen LogP contribution in [0.1, 0.15) is 32.4 Å². The zero-order chi connectivity index (χ0) is 18.1. The zero-order valence-corrected chi connectivity index (χ0v) is 15.0. The highest BCUT2D eigenvalue weighted by atomic mass is 16.5. The van der Waals surface area contributed by atoms with Crippen LogP contribution in [0.15, 0.2) is 48.5 Å². The topological polar surface area (TPSA) is 56.8 Å². The van der Waals surface area contributed by atoms with Gasteiger partial charge in [0.2, 0.25) is 0 Å². The number of amides is 1. The van der Waals surface area contributed by atoms with Gasteiger partial charge in [-0.2, -0.15) is 0 Å². The summed E-state index contributed by atoms with van der Waals surface area (Å²) in [6.45, 7) is 6.88. The van der Waals surface area contributed by atoms with Gasteiger partial charge in [0.05, 0.1) is 19.3 Å². The largest absolute Gasteiger partial charge is 0.490 e. The fraction of sp³-hybridized carbons (Fsp3) is 0.350. The van der Waals surface area contributed by atoms with Crippen molar-refractivity contribution in [3.8, 4) is 17.2 Å². The molecule has 0 aromatic heterocycles. The molecule has 0 saturated heterocycles. The van der Waals surface area contributed by atoms with Crippen LogP contribution < -0.4 is 19.5 Å². The van der Waals surface area contributed by atoms with Crippen molar-refractivity contribution in [1.29, 1.82) is 0 Å². The Hall–Kier alpha value is -2.69. The third kappa shape index (κ3) is 5.71. The Morgan fingerprint density at radius 2 is 1.64 bits per heavy atom. The molecule has 5 heteroatoms. The minimum absolute atomic E-state index is 0.0241. The van der Waals surface area contributed by atoms with Crippen LogP contribution in [0, 0.1) is 0 Å². The lowest BCUT2D eigenvalue weighted by atomic mass is 10.1. The average Bonchev–Trinajstić information content (AvgIpc) is 2.62. The number of rotatable bonds is 9. The summed E-state index contributed by atoms with van der Waals surface area (Å²) in [6, 6.07) is 14.8. The van der Waals surface area contributed by atoms with E-state index in [0.717, 1.165) is 5.56 Å². The molecule has 25 heavy (non-hydrogen) atoms. The molecule has 0 radical (unpaired) electrons. The molecule has 0 heterocycles. The Bertz CT molecular complexity index is 673. The predicted molar refractivity (Wildman–Crippen MR) is 97.3 cm³/mol. The summed E-state index contributed by atoms with van der Waals surface area (Å²) in [5, 5.41) is 2.93. The van der Waals surface area contributed by atoms with Crippen LogP contribution in [-0.2, 0) is 4.79 Å². The molecule has 0 unspecified atom stereocenters. The monoisotopic (exact) mass is 343 g/mol. The second-order valence-electron chi connectivity index (χ2n) is 5.46. The Morgan fingerprint density at radius 1 is 0.960 bits per heavy atom. The minimum Gasteiger partial charge on any atom is -0.490 e. The predicted octanol–water partition coefficient (Wildman–Crippen LogP) is 3.74. The van der Waals surface area contributed by atoms with Crippen molar-refractivity contribution >= 4 is 5.91 Å². The first-order chi connectivity index (χ1) is 12.1. The zero-order valence-electron chi connectivity index (χ0n) is 15.0. The molecule has 0 bridgehead atoms. The Labute approximate surface area is 148 Å². The van der Waals surface area contributed by atoms with Crippen LogP contribution in [0.2, 0.25) is 0 Å². The van der Waals surface area contributed by atoms with E-state index < -0.39 is 0 Å². The average molecular weight is 343 g/mol. The van der Waals surface area contributed by atoms with Crippen LogP contribution in [0.3, 0.4) is 0 Å². The summed E-state index contributed by atoms with van der Waals surface area (Å²) in [4.78, 5) is 12.1. The molecule has 1 amide bonds. The third-order valence-electron chi connectivity index (χ3n) is 3.56. The molecule has 0 spiro atoms. The SMILES string of the molecule is CCOc1ccc([C@H](C)NC(=O)COc2ccccc2)cc1OCC. The molecule has 2 rings (SSSR count). The maximum Gasteiger partial charge on any atom is 0.258 e. The highest BCUT2D eigenvalue weighted by molar-refractivity contribution is 5.78. The van der Waals surface area contributed by atoms with E-state index in [-0.39, 0.29) is 18.6 Å². The maximum absolute atomic E-state index is 12.1. The molecule has 0 aliphatic carbocycles. The standard InChI is InChI=1S/C20H25NO4/c1-4-23-18-12-11-16(13-19(18)24-5-2)15(3)21-20(22)14-25-17-9-7-6-8-10-17/h6-13,15H,4-5,14H2,1-3H3,(H,21,22)/t15-/m0/s1. The summed E-state index contributed by atoms with van der Waals surface area (Å²) >= 11 is 0. The second-order valence-corrected chi connectivity index (χ2v) is 5.46. The molecule has 0 saturated carbocycles. The van der Waals surface area contributed by atoms with Crippen molar-refractivity contribution in [2.75, 3.05) is 19.8 Å². The third-order valence-corrected chi connectivity index (χ3v) is 3.56. The molecular weight excluding hydrogens is 318 g/mol. The summed E-state index contributed by atoms with van der Waals surface area (Å²) in [5.41, 5.74) is 0.944. The molecule has 0 aliphatic heterocycles. The quantitative estimate of drug-likeness (QED) is 0.753. The molecule has 1 N–H and O–H groups in total. The van der Waals surface area contributed by atoms with Gasteiger partial charge in [-0.05, 0) is 50.6 Å². The van der Waals surface area contributed by atoms with Gasteiger partial charge >= 0.3 is 0 Å². The smallest absolute Gasteiger partial charge is 0.258 e. The van der Waals surface area contributed by atoms with Gasteiger partial charge in [-0.3, -0.25) is 4.79 Å². The van der Waals surface area contributed by atoms with Crippen LogP contribution in [-0.4, -0.2) is 25.7 Å². The van der Waals surface area contributed by atoms with Crippen molar-refractivity contribution in [1.82, 2.24) is 5.32 Å². The molecule has 2 aromatic rings. The summed E-state index contributed by atoms with van der Waals surface area (Å²) in [5.74, 6) is 1.88. The van der Waals surface area contributed by atoms with Crippen molar-refractivity contribution in [3.05, 3.63) is 54.1 Å². The van der Waals surface area contributed by atoms with Crippen molar-refractivity contribution in [3.63, 3.8) is 0 Å². The summed E-state index contributed by atoms with van der Waals surface area (Å²) in [7, 11) is 0. The van der Waals surface area contributed by atoms with E-state index >= 15 is 0 Å². The van der Waals surface area contributed by atoms with E-state index in [4.69, 9.17) is 14.2 Å². The van der Waals surface area contributed by atoms with Crippen LogP contribution >= 0.6 is 0 Å². The number of hydrogen-bond acceptors (Lipinski definition) is 4. The fourth-order valence-electron chi connectivity index (χ4n) is 2.37. The number of para-hydroxylation sites is 1. The molecule has 134 valence electrons. The van der Waals surface area contributed by atoms with E-state index in [0.29, 0.717) is 30.5 Å². The van der Waals surface area contributed by atoms with Crippen LogP contribution in [0.5, 0.6) is 17.2 Å². The van der Waals surface area contributed by atoms with Gasteiger partial charge in [0, 0.05) is 0 Å². The first-order valence-corrected chi connectivity index (χ1v) is 8.50. The van der Waals surface area contributed by atoms with Gasteiger partial charge < -0.3 is 19.5 Å². The second kappa shape index (κ2) is 9.57. The highest BCUT2D eigenvalue weighted by Crippen LogP contribution is 2.30. The van der Waals surface area contributed by atoms with Crippen LogP contribution in [0.4, 0.5) is 0 Å². The first kappa shape index (κ1) is 18.6. The minimum atomic E-state index is -0.178. The van der Waals surface area contributed by atoms with Gasteiger partial charge in [0.25, 0.3) is 5.91 Å². The molecule has 2 aromatic carbocycles. The number of carbonyl (C=O) groups is 1. The van der Waals surface area contributed by atoms with Gasteiger partial charge in [-0.1, -0.05) is 24.3 Å². The lowest BCUT2D eigenvalue weighted by molar-refractivity contribution is -0.123. The van der Waals surface area contributed by atoms with E-state index in [1.807, 2.05) is 69.3 Å². The molecular formula is C20H25NO4. The van der Waals surface area contributed by atoms with E-state index in [2.05, 4.69) is 5.32 Å². The summed E-state index contributed by atoms with van der Waals surface area (Å²) < 4.78 is 16.7. The van der Waals surface area contributed by atoms with Gasteiger partial charge in [0.15, 0.2) is 18.1 Å². The number of carbonyl (C=O) groups excluding carboxylic acids is 1. The summed E-state index contributed by atoms with van der Waals surface area (Å²) in [6.07, 6.45) is 0. The van der Waals surface area contributed by atoms with Gasteiger partial charge in [0.1, 0.15) is 5.75 Å². The lowest BCUT2D eigenvalue weighted by Crippen LogP contribution is -2.31. The Balaban J connectivity index is 1.95. The normalized spacial score (nSPS) is 11.5. The molecule has 1 atom stereocenters. The van der Waals surface area contributed by atoms with Crippen LogP contribution in [0.25, 0.3) is 0 Å². The van der Waals surface area contributed by atoms with E-state index in [1.54, 1.807) is 0 Å². The molecule has 0 fully saturated rings. The van der Waals surface area contributed by atoms with E-state index in [9.17, 15) is 4.79 Å². The Morgan fingerprint density at radius 3 is 2.32 bits per heavy atom. The van der Waals surface area contributed by atoms with Crippen molar-refractivity contribution in [2.45, 2.75) is 26.8 Å². The first-order valence-electron chi connectivity index (χ1n) is 8.50. The molecule has 5 nitrogen and oxygen atoms in total. The number of hydrogen-bond donors (Lipinski definition) is 1. The number of ether oxygens (including phenoxy) is 3. The number of benzene rings is 2. The van der Waals surface area contributed by atoms with Gasteiger partial charge in [-0.15, -0.1) is 0 Å². The fourth-order valence-corrected chi connectivity index (χ4v) is 2.37. The van der Waals surface area contributed by atoms with Gasteiger partial charge in [-0.25, -0.2) is 0 Å². The van der Waals surface area contributed by atoms with E-state index in [1.165, 1.54) is 0 Å². The van der Waals surface area contributed by atoms with Crippen molar-refractivity contribution < 1.29 is 19.0 Å². The highest BCUT2D eigenvalue weighted by Gasteiger charge is 2.13. The lowest BCUT2D eigenvalue weighted by Gasteiger charge is -2.17. The number of nitrogens with one attached hydrogen (secondary N) is 1. The molecule has 0 aliphatic rings.